The number of rotatable bonds is 6. The summed E-state index contributed by atoms with van der Waals surface area (Å²) in [4.78, 5) is 1.31. The predicted molar refractivity (Wildman–Crippen MR) is 102 cm³/mol. The minimum absolute atomic E-state index is 0.0792. The van der Waals surface area contributed by atoms with E-state index in [9.17, 15) is 13.5 Å². The van der Waals surface area contributed by atoms with Crippen LogP contribution >= 0.6 is 11.8 Å². The molecule has 0 spiro atoms. The Morgan fingerprint density at radius 3 is 2.40 bits per heavy atom. The molecule has 25 heavy (non-hydrogen) atoms. The number of sulfonamides is 1. The highest BCUT2D eigenvalue weighted by Gasteiger charge is 2.19. The SMILES string of the molecule is CSc1ccc(C(O)CNS(=O)(=O)c2cccc3ccccc23)cc1. The van der Waals surface area contributed by atoms with Crippen molar-refractivity contribution in [2.45, 2.75) is 15.9 Å². The number of benzene rings is 3. The van der Waals surface area contributed by atoms with Crippen LogP contribution in [0, 0.1) is 0 Å². The summed E-state index contributed by atoms with van der Waals surface area (Å²) < 4.78 is 27.8. The molecular formula is C19H19NO3S2. The highest BCUT2D eigenvalue weighted by Crippen LogP contribution is 2.23. The third-order valence-corrected chi connectivity index (χ3v) is 6.23. The van der Waals surface area contributed by atoms with Gasteiger partial charge in [-0.2, -0.15) is 0 Å². The molecule has 0 fully saturated rings. The molecule has 1 atom stereocenters. The Labute approximate surface area is 151 Å². The smallest absolute Gasteiger partial charge is 0.241 e. The van der Waals surface area contributed by atoms with E-state index in [-0.39, 0.29) is 11.4 Å². The minimum atomic E-state index is -3.72. The second-order valence-corrected chi connectivity index (χ2v) is 8.23. The van der Waals surface area contributed by atoms with Crippen LogP contribution in [-0.4, -0.2) is 26.3 Å². The van der Waals surface area contributed by atoms with E-state index >= 15 is 0 Å². The topological polar surface area (TPSA) is 66.4 Å². The summed E-state index contributed by atoms with van der Waals surface area (Å²) in [5, 5.41) is 11.8. The van der Waals surface area contributed by atoms with Gasteiger partial charge in [-0.25, -0.2) is 13.1 Å². The highest BCUT2D eigenvalue weighted by atomic mass is 32.2. The Kier molecular flexibility index (Phi) is 5.44. The Bertz CT molecular complexity index is 964. The second kappa shape index (κ2) is 7.58. The molecule has 3 aromatic carbocycles. The van der Waals surface area contributed by atoms with E-state index in [1.807, 2.05) is 54.8 Å². The summed E-state index contributed by atoms with van der Waals surface area (Å²) in [6.45, 7) is -0.0792. The number of hydrogen-bond acceptors (Lipinski definition) is 4. The molecule has 3 rings (SSSR count). The van der Waals surface area contributed by atoms with Gasteiger partial charge in [0.05, 0.1) is 11.0 Å². The zero-order valence-electron chi connectivity index (χ0n) is 13.7. The molecule has 130 valence electrons. The average molecular weight is 373 g/mol. The standard InChI is InChI=1S/C19H19NO3S2/c1-24-16-11-9-15(10-12-16)18(21)13-20-25(22,23)19-8-4-6-14-5-2-3-7-17(14)19/h2-12,18,20-21H,13H2,1H3. The van der Waals surface area contributed by atoms with Gasteiger partial charge in [-0.3, -0.25) is 0 Å². The van der Waals surface area contributed by atoms with Crippen LogP contribution in [0.25, 0.3) is 10.8 Å². The monoisotopic (exact) mass is 373 g/mol. The molecule has 2 N–H and O–H groups in total. The number of aliphatic hydroxyl groups excluding tert-OH is 1. The molecule has 1 unspecified atom stereocenters. The van der Waals surface area contributed by atoms with Gasteiger partial charge in [0.15, 0.2) is 0 Å². The van der Waals surface area contributed by atoms with Gasteiger partial charge >= 0.3 is 0 Å². The summed E-state index contributed by atoms with van der Waals surface area (Å²) in [6.07, 6.45) is 1.07. The number of aliphatic hydroxyl groups is 1. The molecule has 0 aliphatic rings. The minimum Gasteiger partial charge on any atom is -0.387 e. The van der Waals surface area contributed by atoms with Gasteiger partial charge in [-0.05, 0) is 35.4 Å². The molecule has 3 aromatic rings. The lowest BCUT2D eigenvalue weighted by Gasteiger charge is -2.14. The first-order valence-electron chi connectivity index (χ1n) is 7.81. The zero-order valence-corrected chi connectivity index (χ0v) is 15.3. The van der Waals surface area contributed by atoms with Crippen molar-refractivity contribution in [2.24, 2.45) is 0 Å². The molecule has 4 nitrogen and oxygen atoms in total. The van der Waals surface area contributed by atoms with Crippen molar-refractivity contribution in [3.8, 4) is 0 Å². The number of thioether (sulfide) groups is 1. The van der Waals surface area contributed by atoms with Crippen LogP contribution in [0.15, 0.2) is 76.5 Å². The first kappa shape index (κ1) is 17.9. The second-order valence-electron chi connectivity index (χ2n) is 5.62. The third kappa shape index (κ3) is 4.04. The van der Waals surface area contributed by atoms with Crippen molar-refractivity contribution in [1.82, 2.24) is 4.72 Å². The van der Waals surface area contributed by atoms with Crippen molar-refractivity contribution in [1.29, 1.82) is 0 Å². The van der Waals surface area contributed by atoms with Crippen LogP contribution in [-0.2, 0) is 10.0 Å². The predicted octanol–water partition coefficient (Wildman–Crippen LogP) is 3.57. The van der Waals surface area contributed by atoms with E-state index in [1.54, 1.807) is 30.0 Å². The Morgan fingerprint density at radius 1 is 1.00 bits per heavy atom. The molecule has 0 saturated heterocycles. The summed E-state index contributed by atoms with van der Waals surface area (Å²) in [6, 6.07) is 19.9. The summed E-state index contributed by atoms with van der Waals surface area (Å²) >= 11 is 1.61. The lowest BCUT2D eigenvalue weighted by Crippen LogP contribution is -2.28. The van der Waals surface area contributed by atoms with E-state index in [4.69, 9.17) is 0 Å². The molecule has 0 aliphatic carbocycles. The summed E-state index contributed by atoms with van der Waals surface area (Å²) in [7, 11) is -3.72. The van der Waals surface area contributed by atoms with E-state index in [1.165, 1.54) is 0 Å². The lowest BCUT2D eigenvalue weighted by molar-refractivity contribution is 0.182. The van der Waals surface area contributed by atoms with Gasteiger partial charge in [0, 0.05) is 16.8 Å². The molecule has 0 bridgehead atoms. The van der Waals surface area contributed by atoms with Gasteiger partial charge in [-0.1, -0.05) is 48.5 Å². The van der Waals surface area contributed by atoms with Crippen molar-refractivity contribution in [2.75, 3.05) is 12.8 Å². The summed E-state index contributed by atoms with van der Waals surface area (Å²) in [5.74, 6) is 0. The van der Waals surface area contributed by atoms with Gasteiger partial charge in [0.2, 0.25) is 10.0 Å². The number of fused-ring (bicyclic) bond motifs is 1. The van der Waals surface area contributed by atoms with Gasteiger partial charge in [0.1, 0.15) is 0 Å². The molecule has 0 aliphatic heterocycles. The Morgan fingerprint density at radius 2 is 1.68 bits per heavy atom. The Hall–Kier alpha value is -1.86. The quantitative estimate of drug-likeness (QED) is 0.648. The molecule has 6 heteroatoms. The van der Waals surface area contributed by atoms with Crippen LogP contribution in [0.4, 0.5) is 0 Å². The van der Waals surface area contributed by atoms with Crippen molar-refractivity contribution in [3.63, 3.8) is 0 Å². The highest BCUT2D eigenvalue weighted by molar-refractivity contribution is 7.98. The van der Waals surface area contributed by atoms with Crippen LogP contribution in [0.1, 0.15) is 11.7 Å². The zero-order chi connectivity index (χ0) is 17.9. The number of hydrogen-bond donors (Lipinski definition) is 2. The van der Waals surface area contributed by atoms with Gasteiger partial charge in [-0.15, -0.1) is 11.8 Å². The molecule has 0 aromatic heterocycles. The normalized spacial score (nSPS) is 13.0. The maximum Gasteiger partial charge on any atom is 0.241 e. The first-order valence-corrected chi connectivity index (χ1v) is 10.5. The van der Waals surface area contributed by atoms with E-state index in [0.29, 0.717) is 10.9 Å². The first-order chi connectivity index (χ1) is 12.0. The number of nitrogens with one attached hydrogen (secondary N) is 1. The van der Waals surface area contributed by atoms with Crippen LogP contribution in [0.3, 0.4) is 0 Å². The lowest BCUT2D eigenvalue weighted by atomic mass is 10.1. The molecular weight excluding hydrogens is 354 g/mol. The van der Waals surface area contributed by atoms with Crippen LogP contribution in [0.5, 0.6) is 0 Å². The molecule has 0 heterocycles. The molecule has 0 saturated carbocycles. The van der Waals surface area contributed by atoms with E-state index in [0.717, 1.165) is 10.3 Å². The van der Waals surface area contributed by atoms with E-state index < -0.39 is 16.1 Å². The van der Waals surface area contributed by atoms with Gasteiger partial charge < -0.3 is 5.11 Å². The van der Waals surface area contributed by atoms with Crippen molar-refractivity contribution < 1.29 is 13.5 Å². The Balaban J connectivity index is 1.79. The third-order valence-electron chi connectivity index (χ3n) is 4.01. The van der Waals surface area contributed by atoms with Gasteiger partial charge in [0.25, 0.3) is 0 Å². The fourth-order valence-electron chi connectivity index (χ4n) is 2.64. The fourth-order valence-corrected chi connectivity index (χ4v) is 4.31. The summed E-state index contributed by atoms with van der Waals surface area (Å²) in [5.41, 5.74) is 0.679. The molecule has 0 radical (unpaired) electrons. The largest absolute Gasteiger partial charge is 0.387 e. The maximum atomic E-state index is 12.7. The molecule has 0 amide bonds. The average Bonchev–Trinajstić information content (AvgIpc) is 2.65. The van der Waals surface area contributed by atoms with Crippen molar-refractivity contribution >= 4 is 32.6 Å². The van der Waals surface area contributed by atoms with E-state index in [2.05, 4.69) is 4.72 Å². The van der Waals surface area contributed by atoms with Crippen LogP contribution < -0.4 is 4.72 Å². The van der Waals surface area contributed by atoms with Crippen LogP contribution in [0.2, 0.25) is 0 Å². The fraction of sp³-hybridized carbons (Fsp3) is 0.158. The maximum absolute atomic E-state index is 12.7. The van der Waals surface area contributed by atoms with Crippen molar-refractivity contribution in [3.05, 3.63) is 72.3 Å².